The van der Waals surface area contributed by atoms with Crippen LogP contribution in [0.15, 0.2) is 58.0 Å². The van der Waals surface area contributed by atoms with E-state index in [2.05, 4.69) is 25.5 Å². The Hall–Kier alpha value is -3.13. The number of aromatic nitrogens is 3. The van der Waals surface area contributed by atoms with Gasteiger partial charge in [0, 0.05) is 12.4 Å². The van der Waals surface area contributed by atoms with Crippen LogP contribution in [0.4, 0.5) is 0 Å². The monoisotopic (exact) mass is 325 g/mol. The fraction of sp³-hybridized carbons (Fsp3) is 0. The summed E-state index contributed by atoms with van der Waals surface area (Å²) in [6, 6.07) is 8.72. The Bertz CT molecular complexity index is 888. The van der Waals surface area contributed by atoms with E-state index in [9.17, 15) is 9.59 Å². The zero-order chi connectivity index (χ0) is 16.1. The Balaban J connectivity index is 1.77. The number of thiophene rings is 1. The van der Waals surface area contributed by atoms with Gasteiger partial charge in [-0.05, 0) is 35.2 Å². The summed E-state index contributed by atoms with van der Waals surface area (Å²) < 4.78 is 0. The first-order valence-electron chi connectivity index (χ1n) is 6.61. The molecular weight excluding hydrogens is 314 g/mol. The van der Waals surface area contributed by atoms with Gasteiger partial charge in [0.25, 0.3) is 5.91 Å². The molecule has 3 aromatic heterocycles. The van der Waals surface area contributed by atoms with Gasteiger partial charge >= 0.3 is 5.69 Å². The van der Waals surface area contributed by atoms with Crippen LogP contribution in [-0.2, 0) is 0 Å². The largest absolute Gasteiger partial charge is 0.346 e. The molecule has 3 rings (SSSR count). The Morgan fingerprint density at radius 3 is 2.87 bits per heavy atom. The quantitative estimate of drug-likeness (QED) is 0.563. The smallest absolute Gasteiger partial charge is 0.305 e. The number of hydrogen-bond acceptors (Lipinski definition) is 6. The highest BCUT2D eigenvalue weighted by Crippen LogP contribution is 2.21. The highest BCUT2D eigenvalue weighted by molar-refractivity contribution is 7.13. The number of H-pyrrole nitrogens is 1. The molecule has 0 bridgehead atoms. The van der Waals surface area contributed by atoms with Gasteiger partial charge in [0.15, 0.2) is 0 Å². The van der Waals surface area contributed by atoms with Gasteiger partial charge in [-0.2, -0.15) is 10.1 Å². The number of pyridine rings is 1. The van der Waals surface area contributed by atoms with E-state index in [4.69, 9.17) is 0 Å². The van der Waals surface area contributed by atoms with E-state index in [1.165, 1.54) is 23.6 Å². The van der Waals surface area contributed by atoms with Gasteiger partial charge in [-0.1, -0.05) is 6.07 Å². The van der Waals surface area contributed by atoms with E-state index < -0.39 is 11.6 Å². The van der Waals surface area contributed by atoms with Crippen LogP contribution < -0.4 is 11.1 Å². The molecule has 1 amide bonds. The van der Waals surface area contributed by atoms with Crippen molar-refractivity contribution in [2.45, 2.75) is 0 Å². The minimum absolute atomic E-state index is 0.00373. The van der Waals surface area contributed by atoms with Crippen LogP contribution in [0.25, 0.3) is 10.6 Å². The van der Waals surface area contributed by atoms with Crippen LogP contribution in [-0.4, -0.2) is 27.1 Å². The Kier molecular flexibility index (Phi) is 4.34. The second-order valence-corrected chi connectivity index (χ2v) is 5.39. The minimum atomic E-state index is -0.584. The molecule has 0 fully saturated rings. The molecule has 2 N–H and O–H groups in total. The first-order valence-corrected chi connectivity index (χ1v) is 7.49. The Morgan fingerprint density at radius 2 is 2.13 bits per heavy atom. The molecule has 8 heteroatoms. The van der Waals surface area contributed by atoms with Gasteiger partial charge < -0.3 is 4.98 Å². The van der Waals surface area contributed by atoms with Gasteiger partial charge in [-0.3, -0.25) is 9.78 Å². The Morgan fingerprint density at radius 1 is 1.30 bits per heavy atom. The third-order valence-corrected chi connectivity index (χ3v) is 3.75. The molecule has 0 spiro atoms. The van der Waals surface area contributed by atoms with Crippen molar-refractivity contribution in [1.82, 2.24) is 20.4 Å². The van der Waals surface area contributed by atoms with E-state index in [1.807, 2.05) is 17.5 Å². The lowest BCUT2D eigenvalue weighted by Gasteiger charge is -2.01. The summed E-state index contributed by atoms with van der Waals surface area (Å²) in [6.45, 7) is 0. The molecule has 0 aliphatic heterocycles. The maximum absolute atomic E-state index is 12.1. The van der Waals surface area contributed by atoms with Gasteiger partial charge in [0.1, 0.15) is 5.69 Å². The molecule has 3 aromatic rings. The molecule has 0 unspecified atom stereocenters. The van der Waals surface area contributed by atoms with E-state index in [1.54, 1.807) is 24.5 Å². The highest BCUT2D eigenvalue weighted by atomic mass is 32.1. The van der Waals surface area contributed by atoms with Gasteiger partial charge in [-0.15, -0.1) is 11.3 Å². The molecule has 0 aliphatic carbocycles. The number of aromatic amines is 1. The first kappa shape index (κ1) is 14.8. The summed E-state index contributed by atoms with van der Waals surface area (Å²) in [7, 11) is 0. The number of carbonyl (C=O) groups excluding carboxylic acids is 1. The van der Waals surface area contributed by atoms with Crippen molar-refractivity contribution in [3.05, 3.63) is 69.8 Å². The van der Waals surface area contributed by atoms with E-state index in [0.717, 1.165) is 10.4 Å². The van der Waals surface area contributed by atoms with E-state index in [0.29, 0.717) is 5.69 Å². The molecular formula is C15H11N5O2S. The summed E-state index contributed by atoms with van der Waals surface area (Å²) in [5, 5.41) is 5.72. The van der Waals surface area contributed by atoms with Gasteiger partial charge in [0.05, 0.1) is 16.8 Å². The van der Waals surface area contributed by atoms with Crippen LogP contribution in [0, 0.1) is 0 Å². The zero-order valence-corrected chi connectivity index (χ0v) is 12.6. The fourth-order valence-corrected chi connectivity index (χ4v) is 2.51. The third kappa shape index (κ3) is 3.74. The Labute approximate surface area is 134 Å². The molecule has 23 heavy (non-hydrogen) atoms. The van der Waals surface area contributed by atoms with Gasteiger partial charge in [-0.25, -0.2) is 10.2 Å². The molecule has 0 saturated heterocycles. The highest BCUT2D eigenvalue weighted by Gasteiger charge is 2.10. The van der Waals surface area contributed by atoms with Crippen molar-refractivity contribution in [3.63, 3.8) is 0 Å². The van der Waals surface area contributed by atoms with Crippen molar-refractivity contribution < 1.29 is 4.79 Å². The van der Waals surface area contributed by atoms with Gasteiger partial charge in [0.2, 0.25) is 0 Å². The van der Waals surface area contributed by atoms with E-state index in [-0.39, 0.29) is 5.69 Å². The van der Waals surface area contributed by atoms with Crippen LogP contribution >= 0.6 is 11.3 Å². The van der Waals surface area contributed by atoms with Crippen LogP contribution in [0.1, 0.15) is 16.1 Å². The lowest BCUT2D eigenvalue weighted by atomic mass is 10.3. The van der Waals surface area contributed by atoms with Crippen molar-refractivity contribution >= 4 is 23.5 Å². The molecule has 3 heterocycles. The van der Waals surface area contributed by atoms with Crippen LogP contribution in [0.2, 0.25) is 0 Å². The molecule has 0 aliphatic rings. The average Bonchev–Trinajstić information content (AvgIpc) is 3.10. The number of hydrogen-bond donors (Lipinski definition) is 2. The fourth-order valence-electron chi connectivity index (χ4n) is 1.81. The normalized spacial score (nSPS) is 10.8. The van der Waals surface area contributed by atoms with Crippen molar-refractivity contribution in [2.24, 2.45) is 5.10 Å². The second kappa shape index (κ2) is 6.75. The summed E-state index contributed by atoms with van der Waals surface area (Å²) in [6.07, 6.45) is 4.72. The molecule has 0 radical (unpaired) electrons. The maximum Gasteiger partial charge on any atom is 0.346 e. The number of carbonyl (C=O) groups is 1. The lowest BCUT2D eigenvalue weighted by Crippen LogP contribution is -2.24. The predicted molar refractivity (Wildman–Crippen MR) is 87.5 cm³/mol. The van der Waals surface area contributed by atoms with Crippen LogP contribution in [0.5, 0.6) is 0 Å². The lowest BCUT2D eigenvalue weighted by molar-refractivity contribution is 0.0949. The average molecular weight is 325 g/mol. The second-order valence-electron chi connectivity index (χ2n) is 4.44. The number of amides is 1. The molecule has 7 nitrogen and oxygen atoms in total. The van der Waals surface area contributed by atoms with Crippen molar-refractivity contribution in [3.8, 4) is 10.6 Å². The zero-order valence-electron chi connectivity index (χ0n) is 11.8. The molecule has 0 atom stereocenters. The SMILES string of the molecule is O=C(N/N=C/c1ccncc1)c1cc(-c2cccs2)[nH]c(=O)n1. The first-order chi connectivity index (χ1) is 11.2. The minimum Gasteiger partial charge on any atom is -0.305 e. The molecule has 114 valence electrons. The number of rotatable bonds is 4. The van der Waals surface area contributed by atoms with Crippen molar-refractivity contribution in [1.29, 1.82) is 0 Å². The number of hydrazone groups is 1. The van der Waals surface area contributed by atoms with E-state index >= 15 is 0 Å². The number of nitrogens with zero attached hydrogens (tertiary/aromatic N) is 3. The van der Waals surface area contributed by atoms with Crippen molar-refractivity contribution in [2.75, 3.05) is 0 Å². The summed E-state index contributed by atoms with van der Waals surface area (Å²) in [5.74, 6) is -0.556. The topological polar surface area (TPSA) is 100 Å². The standard InChI is InChI=1S/C15H11N5O2S/c21-14(20-17-9-10-3-5-16-6-4-10)12-8-11(18-15(22)19-12)13-2-1-7-23-13/h1-9H,(H,20,21)(H,18,19,22)/b17-9+. The summed E-state index contributed by atoms with van der Waals surface area (Å²) in [5.41, 5.74) is 3.10. The molecule has 0 saturated carbocycles. The summed E-state index contributed by atoms with van der Waals surface area (Å²) >= 11 is 1.46. The third-order valence-electron chi connectivity index (χ3n) is 2.85. The molecule has 0 aromatic carbocycles. The summed E-state index contributed by atoms with van der Waals surface area (Å²) in [4.78, 5) is 34.7. The number of nitrogens with one attached hydrogen (secondary N) is 2. The maximum atomic E-state index is 12.1. The predicted octanol–water partition coefficient (Wildman–Crippen LogP) is 1.66. The van der Waals surface area contributed by atoms with Crippen LogP contribution in [0.3, 0.4) is 0 Å².